The fourth-order valence-corrected chi connectivity index (χ4v) is 4.70. The number of nitrogens with one attached hydrogen (secondary N) is 1. The second kappa shape index (κ2) is 8.69. The minimum Gasteiger partial charge on any atom is -0.376 e. The van der Waals surface area contributed by atoms with Gasteiger partial charge in [-0.25, -0.2) is 0 Å². The van der Waals surface area contributed by atoms with Crippen LogP contribution in [0.25, 0.3) is 0 Å². The first kappa shape index (κ1) is 20.7. The Balaban J connectivity index is 1.58. The van der Waals surface area contributed by atoms with E-state index in [4.69, 9.17) is 9.47 Å². The lowest BCUT2D eigenvalue weighted by Crippen LogP contribution is -2.56. The minimum atomic E-state index is -0.828. The molecule has 1 spiro atoms. The van der Waals surface area contributed by atoms with Crippen molar-refractivity contribution in [2.75, 3.05) is 19.8 Å². The maximum absolute atomic E-state index is 13.5. The van der Waals surface area contributed by atoms with Crippen LogP contribution in [0, 0.1) is 10.1 Å². The number of ether oxygens (including phenoxy) is 2. The second-order valence-corrected chi connectivity index (χ2v) is 8.20. The third-order valence-electron chi connectivity index (χ3n) is 6.25. The minimum absolute atomic E-state index is 0.000775. The van der Waals surface area contributed by atoms with Gasteiger partial charge >= 0.3 is 0 Å². The number of nitro groups is 1. The van der Waals surface area contributed by atoms with E-state index < -0.39 is 22.6 Å². The van der Waals surface area contributed by atoms with E-state index in [1.54, 1.807) is 6.07 Å². The molecule has 1 aromatic carbocycles. The van der Waals surface area contributed by atoms with Crippen LogP contribution in [0.1, 0.15) is 55.3 Å². The summed E-state index contributed by atoms with van der Waals surface area (Å²) in [6.45, 7) is 1.23. The SMILES string of the molecule is O=C(NC[C@@H]1CCCO1)[C@H]1COC2(CCCCC2)N1C(=O)c1cccc([N+](=O)[O-])c1. The number of carbonyl (C=O) groups is 2. The van der Waals surface area contributed by atoms with E-state index in [1.807, 2.05) is 0 Å². The molecular weight excluding hydrogens is 390 g/mol. The molecule has 0 aromatic heterocycles. The smallest absolute Gasteiger partial charge is 0.270 e. The van der Waals surface area contributed by atoms with Gasteiger partial charge in [0.15, 0.2) is 0 Å². The lowest BCUT2D eigenvalue weighted by Gasteiger charge is -2.41. The summed E-state index contributed by atoms with van der Waals surface area (Å²) in [5.41, 5.74) is -0.791. The molecule has 1 aliphatic carbocycles. The van der Waals surface area contributed by atoms with Crippen molar-refractivity contribution in [2.45, 2.75) is 62.8 Å². The van der Waals surface area contributed by atoms with Crippen molar-refractivity contribution in [3.63, 3.8) is 0 Å². The number of hydrogen-bond donors (Lipinski definition) is 1. The third kappa shape index (κ3) is 4.04. The normalized spacial score (nSPS) is 25.4. The molecule has 2 saturated heterocycles. The first-order chi connectivity index (χ1) is 14.5. The quantitative estimate of drug-likeness (QED) is 0.582. The summed E-state index contributed by atoms with van der Waals surface area (Å²) < 4.78 is 11.7. The van der Waals surface area contributed by atoms with Gasteiger partial charge in [-0.15, -0.1) is 0 Å². The molecule has 9 nitrogen and oxygen atoms in total. The van der Waals surface area contributed by atoms with Crippen molar-refractivity contribution >= 4 is 17.5 Å². The molecule has 1 N–H and O–H groups in total. The molecule has 9 heteroatoms. The maximum Gasteiger partial charge on any atom is 0.270 e. The zero-order chi connectivity index (χ0) is 21.1. The fourth-order valence-electron chi connectivity index (χ4n) is 4.70. The van der Waals surface area contributed by atoms with Gasteiger partial charge in [-0.2, -0.15) is 0 Å². The van der Waals surface area contributed by atoms with Gasteiger partial charge in [0.05, 0.1) is 17.6 Å². The van der Waals surface area contributed by atoms with E-state index in [9.17, 15) is 19.7 Å². The zero-order valence-corrected chi connectivity index (χ0v) is 16.9. The van der Waals surface area contributed by atoms with Crippen LogP contribution < -0.4 is 5.32 Å². The van der Waals surface area contributed by atoms with Crippen LogP contribution in [0.2, 0.25) is 0 Å². The Morgan fingerprint density at radius 2 is 2.03 bits per heavy atom. The van der Waals surface area contributed by atoms with Crippen LogP contribution in [-0.4, -0.2) is 59.3 Å². The predicted molar refractivity (Wildman–Crippen MR) is 107 cm³/mol. The molecular formula is C21H27N3O6. The zero-order valence-electron chi connectivity index (χ0n) is 16.9. The van der Waals surface area contributed by atoms with Gasteiger partial charge in [-0.1, -0.05) is 12.5 Å². The van der Waals surface area contributed by atoms with Gasteiger partial charge in [0.2, 0.25) is 5.91 Å². The van der Waals surface area contributed by atoms with Gasteiger partial charge in [0.25, 0.3) is 11.6 Å². The van der Waals surface area contributed by atoms with E-state index in [0.717, 1.165) is 32.1 Å². The lowest BCUT2D eigenvalue weighted by molar-refractivity contribution is -0.384. The van der Waals surface area contributed by atoms with E-state index in [2.05, 4.69) is 5.32 Å². The fraction of sp³-hybridized carbons (Fsp3) is 0.619. The van der Waals surface area contributed by atoms with Crippen LogP contribution in [0.15, 0.2) is 24.3 Å². The maximum atomic E-state index is 13.5. The monoisotopic (exact) mass is 417 g/mol. The first-order valence-corrected chi connectivity index (χ1v) is 10.6. The van der Waals surface area contributed by atoms with E-state index in [1.165, 1.54) is 23.1 Å². The third-order valence-corrected chi connectivity index (χ3v) is 6.25. The predicted octanol–water partition coefficient (Wildman–Crippen LogP) is 2.39. The Morgan fingerprint density at radius 1 is 1.23 bits per heavy atom. The van der Waals surface area contributed by atoms with Gasteiger partial charge in [-0.3, -0.25) is 24.6 Å². The summed E-state index contributed by atoms with van der Waals surface area (Å²) in [4.78, 5) is 38.7. The van der Waals surface area contributed by atoms with Crippen molar-refractivity contribution < 1.29 is 24.0 Å². The Bertz CT molecular complexity index is 817. The highest BCUT2D eigenvalue weighted by atomic mass is 16.6. The summed E-state index contributed by atoms with van der Waals surface area (Å²) in [6, 6.07) is 4.88. The number of carbonyl (C=O) groups excluding carboxylic acids is 2. The molecule has 2 heterocycles. The lowest BCUT2D eigenvalue weighted by atomic mass is 9.89. The first-order valence-electron chi connectivity index (χ1n) is 10.6. The second-order valence-electron chi connectivity index (χ2n) is 8.20. The van der Waals surface area contributed by atoms with Crippen molar-refractivity contribution in [2.24, 2.45) is 0 Å². The number of hydrogen-bond acceptors (Lipinski definition) is 6. The molecule has 30 heavy (non-hydrogen) atoms. The summed E-state index contributed by atoms with van der Waals surface area (Å²) in [5.74, 6) is -0.679. The molecule has 2 amide bonds. The van der Waals surface area contributed by atoms with Gasteiger partial charge < -0.3 is 14.8 Å². The molecule has 162 valence electrons. The van der Waals surface area contributed by atoms with E-state index >= 15 is 0 Å². The topological polar surface area (TPSA) is 111 Å². The standard InChI is InChI=1S/C21H27N3O6/c25-19(22-13-17-8-5-11-29-17)18-14-30-21(9-2-1-3-10-21)23(18)20(26)15-6-4-7-16(12-15)24(27)28/h4,6-7,12,17-18H,1-3,5,8-11,13-14H2,(H,22,25)/t17-,18+/m0/s1. The highest BCUT2D eigenvalue weighted by molar-refractivity contribution is 5.99. The molecule has 0 radical (unpaired) electrons. The number of rotatable bonds is 5. The highest BCUT2D eigenvalue weighted by Crippen LogP contribution is 2.41. The Labute approximate surface area is 174 Å². The Hall–Kier alpha value is -2.52. The molecule has 3 fully saturated rings. The number of non-ortho nitro benzene ring substituents is 1. The van der Waals surface area contributed by atoms with E-state index in [-0.39, 0.29) is 29.9 Å². The largest absolute Gasteiger partial charge is 0.376 e. The molecule has 0 bridgehead atoms. The molecule has 1 saturated carbocycles. The Kier molecular flexibility index (Phi) is 6.01. The number of benzene rings is 1. The molecule has 4 rings (SSSR count). The summed E-state index contributed by atoms with van der Waals surface area (Å²) >= 11 is 0. The van der Waals surface area contributed by atoms with Crippen molar-refractivity contribution in [3.05, 3.63) is 39.9 Å². The number of amides is 2. The van der Waals surface area contributed by atoms with Gasteiger partial charge in [0, 0.05) is 30.8 Å². The van der Waals surface area contributed by atoms with Crippen LogP contribution in [0.4, 0.5) is 5.69 Å². The number of nitro benzene ring substituents is 1. The van der Waals surface area contributed by atoms with Crippen molar-refractivity contribution in [1.82, 2.24) is 10.2 Å². The summed E-state index contributed by atoms with van der Waals surface area (Å²) in [6.07, 6.45) is 6.06. The van der Waals surface area contributed by atoms with Crippen LogP contribution in [0.5, 0.6) is 0 Å². The van der Waals surface area contributed by atoms with Crippen molar-refractivity contribution in [3.8, 4) is 0 Å². The van der Waals surface area contributed by atoms with Crippen LogP contribution in [-0.2, 0) is 14.3 Å². The molecule has 2 atom stereocenters. The highest BCUT2D eigenvalue weighted by Gasteiger charge is 2.53. The average molecular weight is 417 g/mol. The molecule has 2 aliphatic heterocycles. The Morgan fingerprint density at radius 3 is 2.73 bits per heavy atom. The van der Waals surface area contributed by atoms with Crippen LogP contribution in [0.3, 0.4) is 0 Å². The average Bonchev–Trinajstić information content (AvgIpc) is 3.40. The molecule has 3 aliphatic rings. The summed E-state index contributed by atoms with van der Waals surface area (Å²) in [5, 5.41) is 14.1. The molecule has 1 aromatic rings. The van der Waals surface area contributed by atoms with Gasteiger partial charge in [-0.05, 0) is 44.6 Å². The van der Waals surface area contributed by atoms with E-state index in [0.29, 0.717) is 26.0 Å². The summed E-state index contributed by atoms with van der Waals surface area (Å²) in [7, 11) is 0. The number of nitrogens with zero attached hydrogens (tertiary/aromatic N) is 2. The molecule has 0 unspecified atom stereocenters. The van der Waals surface area contributed by atoms with Crippen LogP contribution >= 0.6 is 0 Å². The van der Waals surface area contributed by atoms with Crippen molar-refractivity contribution in [1.29, 1.82) is 0 Å². The van der Waals surface area contributed by atoms with Gasteiger partial charge in [0.1, 0.15) is 11.8 Å².